The minimum Gasteiger partial charge on any atom is -0.361 e. The predicted molar refractivity (Wildman–Crippen MR) is 119 cm³/mol. The number of nitrogens with one attached hydrogen (secondary N) is 2. The molecule has 0 radical (unpaired) electrons. The van der Waals surface area contributed by atoms with Gasteiger partial charge in [0.05, 0.1) is 12.2 Å². The van der Waals surface area contributed by atoms with E-state index >= 15 is 0 Å². The lowest BCUT2D eigenvalue weighted by Gasteiger charge is -2.12. The molecule has 0 aliphatic rings. The lowest BCUT2D eigenvalue weighted by atomic mass is 10.1. The summed E-state index contributed by atoms with van der Waals surface area (Å²) in [5.41, 5.74) is 3.23. The van der Waals surface area contributed by atoms with Crippen molar-refractivity contribution in [3.05, 3.63) is 51.9 Å². The van der Waals surface area contributed by atoms with Crippen molar-refractivity contribution in [2.45, 2.75) is 46.6 Å². The number of nitrogens with zero attached hydrogens (tertiary/aromatic N) is 2. The molecule has 1 heterocycles. The van der Waals surface area contributed by atoms with Gasteiger partial charge in [0, 0.05) is 30.1 Å². The number of hydrogen-bond acceptors (Lipinski definition) is 3. The van der Waals surface area contributed by atoms with Crippen LogP contribution in [0.4, 0.5) is 0 Å². The fourth-order valence-corrected chi connectivity index (χ4v) is 2.86. The topological polar surface area (TPSA) is 62.5 Å². The first-order chi connectivity index (χ1) is 12.2. The monoisotopic (exact) mass is 490 g/mol. The van der Waals surface area contributed by atoms with Crippen LogP contribution in [0.1, 0.15) is 43.4 Å². The molecule has 0 aliphatic heterocycles. The Labute approximate surface area is 178 Å². The quantitative estimate of drug-likeness (QED) is 0.328. The molecule has 2 N–H and O–H groups in total. The van der Waals surface area contributed by atoms with Gasteiger partial charge in [0.15, 0.2) is 5.96 Å². The van der Waals surface area contributed by atoms with Gasteiger partial charge in [0.2, 0.25) is 0 Å². The van der Waals surface area contributed by atoms with E-state index in [1.54, 1.807) is 0 Å². The van der Waals surface area contributed by atoms with Crippen LogP contribution in [0.15, 0.2) is 33.8 Å². The van der Waals surface area contributed by atoms with Crippen LogP contribution in [-0.4, -0.2) is 24.2 Å². The minimum absolute atomic E-state index is 0. The molecule has 0 spiro atoms. The normalized spacial score (nSPS) is 11.2. The van der Waals surface area contributed by atoms with Crippen LogP contribution < -0.4 is 10.6 Å². The summed E-state index contributed by atoms with van der Waals surface area (Å²) in [7, 11) is 0. The largest absolute Gasteiger partial charge is 0.361 e. The number of hydrogen-bond donors (Lipinski definition) is 2. The first kappa shape index (κ1) is 22.8. The van der Waals surface area contributed by atoms with Gasteiger partial charge in [-0.2, -0.15) is 0 Å². The summed E-state index contributed by atoms with van der Waals surface area (Å²) < 4.78 is 5.41. The zero-order valence-corrected chi connectivity index (χ0v) is 18.7. The van der Waals surface area contributed by atoms with Crippen LogP contribution in [0.3, 0.4) is 0 Å². The fourth-order valence-electron chi connectivity index (χ4n) is 2.63. The Morgan fingerprint density at radius 2 is 1.92 bits per heavy atom. The van der Waals surface area contributed by atoms with Crippen LogP contribution in [0.25, 0.3) is 0 Å². The van der Waals surface area contributed by atoms with E-state index in [-0.39, 0.29) is 24.0 Å². The highest BCUT2D eigenvalue weighted by atomic mass is 127. The molecule has 26 heavy (non-hydrogen) atoms. The maximum absolute atomic E-state index is 6.21. The van der Waals surface area contributed by atoms with Gasteiger partial charge in [-0.1, -0.05) is 48.8 Å². The zero-order valence-electron chi connectivity index (χ0n) is 15.6. The second-order valence-corrected chi connectivity index (χ2v) is 6.11. The van der Waals surface area contributed by atoms with Gasteiger partial charge in [-0.05, 0) is 31.4 Å². The molecular weight excluding hydrogens is 463 g/mol. The summed E-state index contributed by atoms with van der Waals surface area (Å²) in [6.07, 6.45) is 2.52. The van der Waals surface area contributed by atoms with Gasteiger partial charge >= 0.3 is 0 Å². The standard InChI is InChI=1S/C19H27ClN4O.HI/c1-4-17-15(18(5-2)25-24-17)13-23-19(21-6-3)22-12-11-14-9-7-8-10-16(14)20;/h7-10H,4-6,11-13H2,1-3H3,(H2,21,22,23);1H. The smallest absolute Gasteiger partial charge is 0.191 e. The van der Waals surface area contributed by atoms with Crippen LogP contribution >= 0.6 is 35.6 Å². The van der Waals surface area contributed by atoms with Crippen molar-refractivity contribution >= 4 is 41.5 Å². The number of guanidine groups is 1. The minimum atomic E-state index is 0. The number of aryl methyl sites for hydroxylation is 2. The summed E-state index contributed by atoms with van der Waals surface area (Å²) >= 11 is 6.21. The van der Waals surface area contributed by atoms with E-state index < -0.39 is 0 Å². The number of aliphatic imine (C=N–C) groups is 1. The molecule has 144 valence electrons. The third kappa shape index (κ3) is 6.46. The second kappa shape index (κ2) is 12.2. The molecule has 0 amide bonds. The van der Waals surface area contributed by atoms with Crippen LogP contribution in [0.2, 0.25) is 5.02 Å². The molecule has 0 aliphatic carbocycles. The van der Waals surface area contributed by atoms with Crippen molar-refractivity contribution in [3.63, 3.8) is 0 Å². The molecule has 1 aromatic carbocycles. The van der Waals surface area contributed by atoms with E-state index in [1.807, 2.05) is 24.3 Å². The van der Waals surface area contributed by atoms with Gasteiger partial charge in [-0.25, -0.2) is 4.99 Å². The number of aromatic nitrogens is 1. The first-order valence-electron chi connectivity index (χ1n) is 8.91. The lowest BCUT2D eigenvalue weighted by Crippen LogP contribution is -2.38. The summed E-state index contributed by atoms with van der Waals surface area (Å²) in [5.74, 6) is 1.72. The fraction of sp³-hybridized carbons (Fsp3) is 0.474. The number of rotatable bonds is 8. The van der Waals surface area contributed by atoms with Gasteiger partial charge in [0.25, 0.3) is 0 Å². The second-order valence-electron chi connectivity index (χ2n) is 5.70. The average molecular weight is 491 g/mol. The Hall–Kier alpha value is -1.28. The van der Waals surface area contributed by atoms with Gasteiger partial charge in [-0.3, -0.25) is 0 Å². The molecule has 5 nitrogen and oxygen atoms in total. The maximum Gasteiger partial charge on any atom is 0.191 e. The van der Waals surface area contributed by atoms with Crippen LogP contribution in [-0.2, 0) is 25.8 Å². The van der Waals surface area contributed by atoms with Crippen molar-refractivity contribution < 1.29 is 4.52 Å². The lowest BCUT2D eigenvalue weighted by molar-refractivity contribution is 0.380. The third-order valence-corrected chi connectivity index (χ3v) is 4.36. The summed E-state index contributed by atoms with van der Waals surface area (Å²) in [4.78, 5) is 4.69. The average Bonchev–Trinajstić information content (AvgIpc) is 3.03. The van der Waals surface area contributed by atoms with Crippen molar-refractivity contribution in [2.24, 2.45) is 4.99 Å². The molecule has 0 bridgehead atoms. The molecule has 2 aromatic rings. The highest BCUT2D eigenvalue weighted by Gasteiger charge is 2.13. The Morgan fingerprint density at radius 3 is 2.58 bits per heavy atom. The highest BCUT2D eigenvalue weighted by molar-refractivity contribution is 14.0. The van der Waals surface area contributed by atoms with Gasteiger partial charge < -0.3 is 15.2 Å². The molecule has 0 saturated carbocycles. The van der Waals surface area contributed by atoms with Crippen LogP contribution in [0.5, 0.6) is 0 Å². The van der Waals surface area contributed by atoms with Crippen LogP contribution in [0, 0.1) is 0 Å². The van der Waals surface area contributed by atoms with Crippen molar-refractivity contribution in [1.29, 1.82) is 0 Å². The molecule has 7 heteroatoms. The molecular formula is C19H28ClIN4O. The van der Waals surface area contributed by atoms with E-state index in [2.05, 4.69) is 41.6 Å². The van der Waals surface area contributed by atoms with E-state index in [1.165, 1.54) is 0 Å². The van der Waals surface area contributed by atoms with E-state index in [9.17, 15) is 0 Å². The Morgan fingerprint density at radius 1 is 1.15 bits per heavy atom. The zero-order chi connectivity index (χ0) is 18.1. The summed E-state index contributed by atoms with van der Waals surface area (Å²) in [6.45, 7) is 8.35. The van der Waals surface area contributed by atoms with E-state index in [4.69, 9.17) is 16.1 Å². The summed E-state index contributed by atoms with van der Waals surface area (Å²) in [6, 6.07) is 7.91. The highest BCUT2D eigenvalue weighted by Crippen LogP contribution is 2.17. The first-order valence-corrected chi connectivity index (χ1v) is 9.29. The molecule has 0 unspecified atom stereocenters. The molecule has 1 aromatic heterocycles. The summed E-state index contributed by atoms with van der Waals surface area (Å²) in [5, 5.41) is 11.6. The Balaban J connectivity index is 0.00000338. The van der Waals surface area contributed by atoms with E-state index in [0.717, 1.165) is 65.9 Å². The van der Waals surface area contributed by atoms with Gasteiger partial charge in [-0.15, -0.1) is 24.0 Å². The maximum atomic E-state index is 6.21. The van der Waals surface area contributed by atoms with Crippen molar-refractivity contribution in [2.75, 3.05) is 13.1 Å². The Kier molecular flexibility index (Phi) is 10.7. The van der Waals surface area contributed by atoms with Gasteiger partial charge in [0.1, 0.15) is 5.76 Å². The number of benzene rings is 1. The van der Waals surface area contributed by atoms with E-state index in [0.29, 0.717) is 6.54 Å². The predicted octanol–water partition coefficient (Wildman–Crippen LogP) is 4.37. The third-order valence-electron chi connectivity index (χ3n) is 3.99. The number of halogens is 2. The molecule has 0 fully saturated rings. The molecule has 2 rings (SSSR count). The molecule has 0 atom stereocenters. The molecule has 0 saturated heterocycles. The van der Waals surface area contributed by atoms with Crippen molar-refractivity contribution in [1.82, 2.24) is 15.8 Å². The SMILES string of the molecule is CCNC(=NCc1c(CC)noc1CC)NCCc1ccccc1Cl.I. The van der Waals surface area contributed by atoms with Crippen molar-refractivity contribution in [3.8, 4) is 0 Å². The Bertz CT molecular complexity index is 681.